The molecule has 0 bridgehead atoms. The molecule has 2 aromatic carbocycles. The molecule has 1 saturated heterocycles. The molecule has 1 amide bonds. The number of thioether (sulfide) groups is 1. The average Bonchev–Trinajstić information content (AvgIpc) is 2.67. The molecule has 2 aromatic rings. The van der Waals surface area contributed by atoms with Gasteiger partial charge in [-0.05, 0) is 36.0 Å². The van der Waals surface area contributed by atoms with E-state index in [1.54, 1.807) is 11.8 Å². The van der Waals surface area contributed by atoms with E-state index in [0.29, 0.717) is 12.3 Å². The van der Waals surface area contributed by atoms with E-state index in [1.807, 2.05) is 35.2 Å². The molecule has 26 heavy (non-hydrogen) atoms. The van der Waals surface area contributed by atoms with E-state index >= 15 is 0 Å². The second-order valence-electron chi connectivity index (χ2n) is 6.84. The zero-order chi connectivity index (χ0) is 18.4. The van der Waals surface area contributed by atoms with Crippen molar-refractivity contribution in [2.24, 2.45) is 4.99 Å². The summed E-state index contributed by atoms with van der Waals surface area (Å²) in [5, 5.41) is 0.849. The van der Waals surface area contributed by atoms with Gasteiger partial charge in [-0.15, -0.1) is 0 Å². The van der Waals surface area contributed by atoms with Gasteiger partial charge >= 0.3 is 0 Å². The lowest BCUT2D eigenvalue weighted by Gasteiger charge is -2.28. The molecule has 0 N–H and O–H groups in total. The fourth-order valence-corrected chi connectivity index (χ4v) is 4.06. The van der Waals surface area contributed by atoms with E-state index in [2.05, 4.69) is 38.1 Å². The summed E-state index contributed by atoms with van der Waals surface area (Å²) in [6, 6.07) is 18.4. The van der Waals surface area contributed by atoms with E-state index in [4.69, 9.17) is 4.99 Å². The van der Waals surface area contributed by atoms with Crippen LogP contribution >= 0.6 is 11.8 Å². The molecule has 1 aliphatic rings. The SMILES string of the molecule is CC(C)c1ccccc1N=C1SCCCN1C(=O)CCc1ccccc1. The lowest BCUT2D eigenvalue weighted by Crippen LogP contribution is -2.39. The number of amidine groups is 1. The van der Waals surface area contributed by atoms with E-state index in [-0.39, 0.29) is 5.91 Å². The zero-order valence-electron chi connectivity index (χ0n) is 15.5. The molecule has 0 spiro atoms. The Hall–Kier alpha value is -2.07. The topological polar surface area (TPSA) is 32.7 Å². The van der Waals surface area contributed by atoms with Crippen LogP contribution in [0.1, 0.15) is 43.7 Å². The van der Waals surface area contributed by atoms with Crippen LogP contribution in [0.3, 0.4) is 0 Å². The summed E-state index contributed by atoms with van der Waals surface area (Å²) in [5.74, 6) is 1.60. The molecule has 1 fully saturated rings. The molecule has 0 saturated carbocycles. The average molecular weight is 367 g/mol. The number of carbonyl (C=O) groups excluding carboxylic acids is 1. The van der Waals surface area contributed by atoms with Crippen molar-refractivity contribution >= 4 is 28.5 Å². The number of nitrogens with zero attached hydrogens (tertiary/aromatic N) is 2. The summed E-state index contributed by atoms with van der Waals surface area (Å²) >= 11 is 1.69. The quantitative estimate of drug-likeness (QED) is 0.710. The molecule has 0 atom stereocenters. The van der Waals surface area contributed by atoms with Gasteiger partial charge in [-0.3, -0.25) is 9.69 Å². The molecule has 136 valence electrons. The number of hydrogen-bond acceptors (Lipinski definition) is 3. The Kier molecular flexibility index (Phi) is 6.51. The molecule has 0 radical (unpaired) electrons. The number of rotatable bonds is 5. The van der Waals surface area contributed by atoms with Gasteiger partial charge in [0.15, 0.2) is 5.17 Å². The largest absolute Gasteiger partial charge is 0.291 e. The number of hydrogen-bond donors (Lipinski definition) is 0. The zero-order valence-corrected chi connectivity index (χ0v) is 16.3. The maximum Gasteiger partial charge on any atom is 0.228 e. The predicted octanol–water partition coefficient (Wildman–Crippen LogP) is 5.40. The predicted molar refractivity (Wildman–Crippen MR) is 111 cm³/mol. The summed E-state index contributed by atoms with van der Waals surface area (Å²) in [4.78, 5) is 19.6. The van der Waals surface area contributed by atoms with Gasteiger partial charge in [0, 0.05) is 18.7 Å². The lowest BCUT2D eigenvalue weighted by atomic mass is 10.0. The fourth-order valence-electron chi connectivity index (χ4n) is 3.10. The Bertz CT molecular complexity index is 771. The van der Waals surface area contributed by atoms with Crippen LogP contribution in [0.15, 0.2) is 59.6 Å². The van der Waals surface area contributed by atoms with Crippen LogP contribution in [0.25, 0.3) is 0 Å². The van der Waals surface area contributed by atoms with Crippen LogP contribution in [-0.2, 0) is 11.2 Å². The molecule has 4 heteroatoms. The van der Waals surface area contributed by atoms with Crippen molar-refractivity contribution in [2.75, 3.05) is 12.3 Å². The monoisotopic (exact) mass is 366 g/mol. The molecule has 3 rings (SSSR count). The van der Waals surface area contributed by atoms with Gasteiger partial charge in [0.25, 0.3) is 0 Å². The number of carbonyl (C=O) groups is 1. The first-order valence-electron chi connectivity index (χ1n) is 9.30. The van der Waals surface area contributed by atoms with Crippen LogP contribution in [0.4, 0.5) is 5.69 Å². The Labute approximate surface area is 160 Å². The van der Waals surface area contributed by atoms with Crippen LogP contribution in [-0.4, -0.2) is 28.3 Å². The van der Waals surface area contributed by atoms with E-state index < -0.39 is 0 Å². The first-order valence-corrected chi connectivity index (χ1v) is 10.3. The summed E-state index contributed by atoms with van der Waals surface area (Å²) in [6.07, 6.45) is 2.32. The first kappa shape index (κ1) is 18.7. The lowest BCUT2D eigenvalue weighted by molar-refractivity contribution is -0.127. The number of aliphatic imine (C=N–C) groups is 1. The van der Waals surface area contributed by atoms with Crippen molar-refractivity contribution in [3.8, 4) is 0 Å². The van der Waals surface area contributed by atoms with E-state index in [0.717, 1.165) is 36.0 Å². The number of amides is 1. The van der Waals surface area contributed by atoms with Gasteiger partial charge in [0.05, 0.1) is 5.69 Å². The summed E-state index contributed by atoms with van der Waals surface area (Å²) in [5.41, 5.74) is 3.41. The number of para-hydroxylation sites is 1. The highest BCUT2D eigenvalue weighted by atomic mass is 32.2. The number of aryl methyl sites for hydroxylation is 1. The number of benzene rings is 2. The van der Waals surface area contributed by atoms with Crippen molar-refractivity contribution in [3.05, 3.63) is 65.7 Å². The Morgan fingerprint density at radius 2 is 1.85 bits per heavy atom. The maximum absolute atomic E-state index is 12.8. The molecular formula is C22H26N2OS. The standard InChI is InChI=1S/C22H26N2OS/c1-17(2)19-11-6-7-12-20(19)23-22-24(15-8-16-26-22)21(25)14-13-18-9-4-3-5-10-18/h3-7,9-12,17H,8,13-16H2,1-2H3. The Morgan fingerprint density at radius 3 is 2.62 bits per heavy atom. The van der Waals surface area contributed by atoms with E-state index in [9.17, 15) is 4.79 Å². The summed E-state index contributed by atoms with van der Waals surface area (Å²) < 4.78 is 0. The summed E-state index contributed by atoms with van der Waals surface area (Å²) in [7, 11) is 0. The molecular weight excluding hydrogens is 340 g/mol. The van der Waals surface area contributed by atoms with Crippen molar-refractivity contribution in [1.82, 2.24) is 4.90 Å². The molecule has 0 unspecified atom stereocenters. The van der Waals surface area contributed by atoms with Crippen molar-refractivity contribution in [3.63, 3.8) is 0 Å². The summed E-state index contributed by atoms with van der Waals surface area (Å²) in [6.45, 7) is 5.12. The van der Waals surface area contributed by atoms with Crippen LogP contribution in [0.5, 0.6) is 0 Å². The molecule has 0 aromatic heterocycles. The van der Waals surface area contributed by atoms with Gasteiger partial charge < -0.3 is 0 Å². The van der Waals surface area contributed by atoms with Crippen molar-refractivity contribution < 1.29 is 4.79 Å². The van der Waals surface area contributed by atoms with Gasteiger partial charge in [0.2, 0.25) is 5.91 Å². The van der Waals surface area contributed by atoms with Crippen LogP contribution in [0, 0.1) is 0 Å². The van der Waals surface area contributed by atoms with Crippen molar-refractivity contribution in [2.45, 2.75) is 39.0 Å². The minimum absolute atomic E-state index is 0.168. The highest BCUT2D eigenvalue weighted by molar-refractivity contribution is 8.13. The molecule has 3 nitrogen and oxygen atoms in total. The third-order valence-electron chi connectivity index (χ3n) is 4.53. The highest BCUT2D eigenvalue weighted by Gasteiger charge is 2.23. The fraction of sp³-hybridized carbons (Fsp3) is 0.364. The highest BCUT2D eigenvalue weighted by Crippen LogP contribution is 2.29. The van der Waals surface area contributed by atoms with Gasteiger partial charge in [-0.25, -0.2) is 4.99 Å². The van der Waals surface area contributed by atoms with Crippen LogP contribution < -0.4 is 0 Å². The van der Waals surface area contributed by atoms with E-state index in [1.165, 1.54) is 11.1 Å². The Morgan fingerprint density at radius 1 is 1.12 bits per heavy atom. The third kappa shape index (κ3) is 4.76. The second kappa shape index (κ2) is 9.04. The van der Waals surface area contributed by atoms with Gasteiger partial charge in [0.1, 0.15) is 0 Å². The van der Waals surface area contributed by atoms with Crippen LogP contribution in [0.2, 0.25) is 0 Å². The minimum Gasteiger partial charge on any atom is -0.291 e. The van der Waals surface area contributed by atoms with Gasteiger partial charge in [-0.2, -0.15) is 0 Å². The molecule has 1 aliphatic heterocycles. The Balaban J connectivity index is 1.76. The first-order chi connectivity index (χ1) is 12.6. The van der Waals surface area contributed by atoms with Gasteiger partial charge in [-0.1, -0.05) is 74.1 Å². The second-order valence-corrected chi connectivity index (χ2v) is 7.90. The smallest absolute Gasteiger partial charge is 0.228 e. The third-order valence-corrected chi connectivity index (χ3v) is 5.60. The normalized spacial score (nSPS) is 16.3. The maximum atomic E-state index is 12.8. The minimum atomic E-state index is 0.168. The molecule has 1 heterocycles. The molecule has 0 aliphatic carbocycles. The van der Waals surface area contributed by atoms with Crippen molar-refractivity contribution in [1.29, 1.82) is 0 Å².